The largest absolute Gasteiger partial charge is 0.586 e. The summed E-state index contributed by atoms with van der Waals surface area (Å²) in [6.45, 7) is 1.95. The van der Waals surface area contributed by atoms with Gasteiger partial charge < -0.3 is 14.0 Å². The Kier molecular flexibility index (Phi) is 5.01. The molecule has 0 bridgehead atoms. The number of nitrogens with zero attached hydrogens (tertiary/aromatic N) is 4. The molecule has 0 N–H and O–H groups in total. The second-order valence-electron chi connectivity index (χ2n) is 7.32. The first-order valence-electron chi connectivity index (χ1n) is 9.64. The summed E-state index contributed by atoms with van der Waals surface area (Å²) in [5.74, 6) is -1.92. The normalized spacial score (nSPS) is 14.6. The van der Waals surface area contributed by atoms with Gasteiger partial charge in [-0.05, 0) is 24.6 Å². The van der Waals surface area contributed by atoms with Crippen LogP contribution in [0.4, 0.5) is 22.0 Å². The molecule has 1 aliphatic heterocycles. The van der Waals surface area contributed by atoms with Crippen molar-refractivity contribution in [1.29, 1.82) is 0 Å². The molecule has 3 heterocycles. The fourth-order valence-electron chi connectivity index (χ4n) is 3.39. The molecule has 34 heavy (non-hydrogen) atoms. The molecule has 2 aromatic carbocycles. The zero-order valence-corrected chi connectivity index (χ0v) is 17.8. The van der Waals surface area contributed by atoms with E-state index in [1.165, 1.54) is 18.2 Å². The molecular formula is C21H12ClF5N4O3. The summed E-state index contributed by atoms with van der Waals surface area (Å²) >= 11 is 6.45. The van der Waals surface area contributed by atoms with Gasteiger partial charge in [0.2, 0.25) is 5.82 Å². The summed E-state index contributed by atoms with van der Waals surface area (Å²) in [5, 5.41) is 8.05. The van der Waals surface area contributed by atoms with Crippen LogP contribution in [0.15, 0.2) is 47.0 Å². The van der Waals surface area contributed by atoms with Gasteiger partial charge in [-0.25, -0.2) is 0 Å². The van der Waals surface area contributed by atoms with Crippen molar-refractivity contribution >= 4 is 11.6 Å². The van der Waals surface area contributed by atoms with E-state index in [1.54, 1.807) is 35.9 Å². The highest BCUT2D eigenvalue weighted by Gasteiger charge is 2.45. The Morgan fingerprint density at radius 3 is 2.47 bits per heavy atom. The number of aromatic nitrogens is 4. The molecule has 7 nitrogen and oxygen atoms in total. The SMILES string of the molecule is Cc1c(Cl)c(-c2cccc3c2OC(F)(F)O3)nn1Cc1ccc(-c2noc(C(F)(F)F)n2)cc1. The molecule has 2 aromatic heterocycles. The van der Waals surface area contributed by atoms with E-state index in [0.717, 1.165) is 5.56 Å². The van der Waals surface area contributed by atoms with Gasteiger partial charge >= 0.3 is 18.4 Å². The molecule has 0 saturated heterocycles. The van der Waals surface area contributed by atoms with Crippen LogP contribution in [-0.4, -0.2) is 26.2 Å². The average Bonchev–Trinajstić information content (AvgIpc) is 3.45. The van der Waals surface area contributed by atoms with Gasteiger partial charge in [0.05, 0.1) is 17.3 Å². The third-order valence-electron chi connectivity index (χ3n) is 5.03. The summed E-state index contributed by atoms with van der Waals surface area (Å²) in [5.41, 5.74) is 2.12. The molecule has 5 rings (SSSR count). The third-order valence-corrected chi connectivity index (χ3v) is 5.48. The van der Waals surface area contributed by atoms with Crippen LogP contribution < -0.4 is 9.47 Å². The van der Waals surface area contributed by atoms with Crippen LogP contribution in [0.1, 0.15) is 17.1 Å². The first-order valence-corrected chi connectivity index (χ1v) is 10.0. The second kappa shape index (κ2) is 7.69. The summed E-state index contributed by atoms with van der Waals surface area (Å²) < 4.78 is 80.0. The lowest BCUT2D eigenvalue weighted by Crippen LogP contribution is -2.26. The van der Waals surface area contributed by atoms with Crippen molar-refractivity contribution in [3.63, 3.8) is 0 Å². The van der Waals surface area contributed by atoms with E-state index in [-0.39, 0.29) is 40.1 Å². The third kappa shape index (κ3) is 3.94. The van der Waals surface area contributed by atoms with Crippen molar-refractivity contribution in [2.75, 3.05) is 0 Å². The molecule has 1 aliphatic rings. The smallest absolute Gasteiger partial charge is 0.395 e. The number of hydrogen-bond donors (Lipinski definition) is 0. The van der Waals surface area contributed by atoms with Crippen LogP contribution in [0.25, 0.3) is 22.6 Å². The highest BCUT2D eigenvalue weighted by atomic mass is 35.5. The van der Waals surface area contributed by atoms with Crippen molar-refractivity contribution in [3.05, 3.63) is 64.6 Å². The molecule has 0 unspecified atom stereocenters. The lowest BCUT2D eigenvalue weighted by atomic mass is 10.1. The summed E-state index contributed by atoms with van der Waals surface area (Å²) in [6.07, 6.45) is -8.52. The highest BCUT2D eigenvalue weighted by Crippen LogP contribution is 2.48. The summed E-state index contributed by atoms with van der Waals surface area (Å²) in [7, 11) is 0. The van der Waals surface area contributed by atoms with Gasteiger partial charge in [0, 0.05) is 11.1 Å². The summed E-state index contributed by atoms with van der Waals surface area (Å²) in [6, 6.07) is 10.8. The predicted molar refractivity (Wildman–Crippen MR) is 107 cm³/mol. The van der Waals surface area contributed by atoms with Crippen LogP contribution in [0.3, 0.4) is 0 Å². The molecule has 0 atom stereocenters. The quantitative estimate of drug-likeness (QED) is 0.324. The van der Waals surface area contributed by atoms with Crippen molar-refractivity contribution in [1.82, 2.24) is 19.9 Å². The van der Waals surface area contributed by atoms with Crippen LogP contribution in [-0.2, 0) is 12.7 Å². The molecule has 0 radical (unpaired) electrons. The van der Waals surface area contributed by atoms with Gasteiger partial charge in [-0.2, -0.15) is 23.3 Å². The molecule has 0 fully saturated rings. The number of halogens is 6. The Labute approximate surface area is 192 Å². The first-order chi connectivity index (χ1) is 16.0. The number of para-hydroxylation sites is 1. The van der Waals surface area contributed by atoms with Gasteiger partial charge in [0.1, 0.15) is 5.69 Å². The minimum Gasteiger partial charge on any atom is -0.395 e. The first kappa shape index (κ1) is 22.1. The Hall–Kier alpha value is -3.67. The van der Waals surface area contributed by atoms with Gasteiger partial charge in [0.15, 0.2) is 11.5 Å². The fraction of sp³-hybridized carbons (Fsp3) is 0.190. The van der Waals surface area contributed by atoms with Crippen LogP contribution in [0.5, 0.6) is 11.5 Å². The topological polar surface area (TPSA) is 75.2 Å². The van der Waals surface area contributed by atoms with Gasteiger partial charge in [-0.1, -0.05) is 47.1 Å². The lowest BCUT2D eigenvalue weighted by molar-refractivity contribution is -0.286. The Morgan fingerprint density at radius 1 is 1.06 bits per heavy atom. The van der Waals surface area contributed by atoms with Gasteiger partial charge in [-0.15, -0.1) is 8.78 Å². The zero-order chi connectivity index (χ0) is 24.3. The van der Waals surface area contributed by atoms with Gasteiger partial charge in [0.25, 0.3) is 0 Å². The fourth-order valence-corrected chi connectivity index (χ4v) is 3.63. The Balaban J connectivity index is 1.41. The average molecular weight is 499 g/mol. The maximum atomic E-state index is 13.5. The van der Waals surface area contributed by atoms with Crippen molar-refractivity contribution in [3.8, 4) is 34.1 Å². The van der Waals surface area contributed by atoms with E-state index in [9.17, 15) is 22.0 Å². The van der Waals surface area contributed by atoms with E-state index in [2.05, 4.69) is 29.2 Å². The molecule has 0 saturated carbocycles. The minimum atomic E-state index is -4.73. The lowest BCUT2D eigenvalue weighted by Gasteiger charge is -2.06. The van der Waals surface area contributed by atoms with Crippen molar-refractivity contribution in [2.24, 2.45) is 0 Å². The Bertz CT molecular complexity index is 1380. The maximum Gasteiger partial charge on any atom is 0.586 e. The van der Waals surface area contributed by atoms with Crippen LogP contribution in [0.2, 0.25) is 5.02 Å². The second-order valence-corrected chi connectivity index (χ2v) is 7.70. The standard InChI is InChI=1S/C21H12ClF5N4O3/c1-10-15(22)16(13-3-2-4-14-17(13)33-21(26,27)32-14)29-31(10)9-11-5-7-12(8-6-11)18-28-19(34-30-18)20(23,24)25/h2-8H,9H2,1H3. The summed E-state index contributed by atoms with van der Waals surface area (Å²) in [4.78, 5) is 3.35. The zero-order valence-electron chi connectivity index (χ0n) is 17.0. The van der Waals surface area contributed by atoms with E-state index in [0.29, 0.717) is 11.3 Å². The molecular weight excluding hydrogens is 487 g/mol. The van der Waals surface area contributed by atoms with E-state index >= 15 is 0 Å². The number of hydrogen-bond acceptors (Lipinski definition) is 6. The number of fused-ring (bicyclic) bond motifs is 1. The van der Waals surface area contributed by atoms with E-state index in [4.69, 9.17) is 11.6 Å². The predicted octanol–water partition coefficient (Wildman–Crippen LogP) is 5.95. The molecule has 176 valence electrons. The number of rotatable bonds is 4. The molecule has 0 spiro atoms. The molecule has 0 aliphatic carbocycles. The number of ether oxygens (including phenoxy) is 2. The van der Waals surface area contributed by atoms with Crippen molar-refractivity contribution < 1.29 is 35.9 Å². The monoisotopic (exact) mass is 498 g/mol. The Morgan fingerprint density at radius 2 is 1.79 bits per heavy atom. The van der Waals surface area contributed by atoms with Crippen LogP contribution in [0, 0.1) is 6.92 Å². The van der Waals surface area contributed by atoms with Crippen molar-refractivity contribution in [2.45, 2.75) is 25.9 Å². The minimum absolute atomic E-state index is 0.128. The van der Waals surface area contributed by atoms with E-state index < -0.39 is 18.4 Å². The molecule has 0 amide bonds. The molecule has 13 heteroatoms. The van der Waals surface area contributed by atoms with E-state index in [1.807, 2.05) is 0 Å². The van der Waals surface area contributed by atoms with Crippen LogP contribution >= 0.6 is 11.6 Å². The highest BCUT2D eigenvalue weighted by molar-refractivity contribution is 6.33. The maximum absolute atomic E-state index is 13.5. The van der Waals surface area contributed by atoms with Gasteiger partial charge in [-0.3, -0.25) is 4.68 Å². The molecule has 4 aromatic rings. The number of alkyl halides is 5. The number of benzene rings is 2.